The second kappa shape index (κ2) is 9.36. The van der Waals surface area contributed by atoms with E-state index >= 15 is 0 Å². The number of carbonyl (C=O) groups is 2. The monoisotopic (exact) mass is 418 g/mol. The second-order valence-electron chi connectivity index (χ2n) is 8.49. The summed E-state index contributed by atoms with van der Waals surface area (Å²) < 4.78 is 8.43. The van der Waals surface area contributed by atoms with Crippen molar-refractivity contribution in [1.82, 2.24) is 19.8 Å². The fourth-order valence-electron chi connectivity index (χ4n) is 3.49. The van der Waals surface area contributed by atoms with E-state index < -0.39 is 17.2 Å². The van der Waals surface area contributed by atoms with Gasteiger partial charge in [0.1, 0.15) is 12.1 Å². The number of alkyl carbamates (subject to hydrolysis) is 1. The molecule has 166 valence electrons. The Balaban J connectivity index is 2.16. The van der Waals surface area contributed by atoms with Gasteiger partial charge in [-0.05, 0) is 52.7 Å². The molecule has 0 aliphatic carbocycles. The molecule has 0 aliphatic rings. The fourth-order valence-corrected chi connectivity index (χ4v) is 3.49. The predicted molar refractivity (Wildman–Crippen MR) is 118 cm³/mol. The van der Waals surface area contributed by atoms with Gasteiger partial charge in [0.15, 0.2) is 0 Å². The number of ether oxygens (including phenoxy) is 1. The highest BCUT2D eigenvalue weighted by molar-refractivity contribution is 5.81. The van der Waals surface area contributed by atoms with Gasteiger partial charge in [-0.15, -0.1) is 0 Å². The summed E-state index contributed by atoms with van der Waals surface area (Å²) in [6.07, 6.45) is 0.720. The Hall–Kier alpha value is -2.77. The molecule has 0 saturated heterocycles. The molecule has 0 radical (unpaired) electrons. The highest BCUT2D eigenvalue weighted by Gasteiger charge is 2.30. The number of nitrogens with zero attached hydrogens (tertiary/aromatic N) is 2. The van der Waals surface area contributed by atoms with Gasteiger partial charge >= 0.3 is 11.8 Å². The smallest absolute Gasteiger partial charge is 0.407 e. The number of benzene rings is 1. The SMILES string of the molecule is CCn1c(=O)n(CC(=O)NC(CC)(CC)CNC(=O)OC(C)(C)C)c2ccccc21. The maximum absolute atomic E-state index is 12.9. The number of hydrogen-bond acceptors (Lipinski definition) is 4. The second-order valence-corrected chi connectivity index (χ2v) is 8.49. The lowest BCUT2D eigenvalue weighted by Gasteiger charge is -2.33. The summed E-state index contributed by atoms with van der Waals surface area (Å²) in [4.78, 5) is 37.7. The third kappa shape index (κ3) is 5.43. The van der Waals surface area contributed by atoms with Crippen LogP contribution in [0.2, 0.25) is 0 Å². The zero-order chi connectivity index (χ0) is 22.5. The van der Waals surface area contributed by atoms with Crippen molar-refractivity contribution in [3.05, 3.63) is 34.7 Å². The summed E-state index contributed by atoms with van der Waals surface area (Å²) in [7, 11) is 0. The first-order valence-corrected chi connectivity index (χ1v) is 10.5. The molecule has 8 heteroatoms. The third-order valence-electron chi connectivity index (χ3n) is 5.27. The number of para-hydroxylation sites is 2. The highest BCUT2D eigenvalue weighted by atomic mass is 16.6. The number of carbonyl (C=O) groups excluding carboxylic acids is 2. The Morgan fingerprint density at radius 3 is 2.07 bits per heavy atom. The molecule has 0 fully saturated rings. The van der Waals surface area contributed by atoms with E-state index in [2.05, 4.69) is 10.6 Å². The lowest BCUT2D eigenvalue weighted by Crippen LogP contribution is -2.56. The molecule has 1 aromatic heterocycles. The largest absolute Gasteiger partial charge is 0.444 e. The molecule has 30 heavy (non-hydrogen) atoms. The molecule has 0 aliphatic heterocycles. The van der Waals surface area contributed by atoms with E-state index in [9.17, 15) is 14.4 Å². The summed E-state index contributed by atoms with van der Waals surface area (Å²) in [5.41, 5.74) is 0.106. The first kappa shape index (κ1) is 23.5. The van der Waals surface area contributed by atoms with Gasteiger partial charge in [0, 0.05) is 13.1 Å². The third-order valence-corrected chi connectivity index (χ3v) is 5.27. The zero-order valence-electron chi connectivity index (χ0n) is 18.9. The minimum atomic E-state index is -0.624. The number of amides is 2. The minimum absolute atomic E-state index is 0.0828. The van der Waals surface area contributed by atoms with Crippen LogP contribution in [0, 0.1) is 0 Å². The van der Waals surface area contributed by atoms with E-state index in [0.717, 1.165) is 11.0 Å². The summed E-state index contributed by atoms with van der Waals surface area (Å²) in [5.74, 6) is -0.272. The number of nitrogens with one attached hydrogen (secondary N) is 2. The molecule has 2 amide bonds. The van der Waals surface area contributed by atoms with Crippen LogP contribution in [0.3, 0.4) is 0 Å². The van der Waals surface area contributed by atoms with E-state index in [1.54, 1.807) is 25.3 Å². The standard InChI is InChI=1S/C22H34N4O4/c1-7-22(8-2,15-23-19(28)30-21(4,5)6)24-18(27)14-26-17-13-11-10-12-16(17)25(9-3)20(26)29/h10-13H,7-9,14-15H2,1-6H3,(H,23,28)(H,24,27). The summed E-state index contributed by atoms with van der Waals surface area (Å²) in [6.45, 7) is 11.9. The molecule has 1 heterocycles. The maximum Gasteiger partial charge on any atom is 0.407 e. The van der Waals surface area contributed by atoms with Crippen molar-refractivity contribution < 1.29 is 14.3 Å². The molecular formula is C22H34N4O4. The first-order valence-electron chi connectivity index (χ1n) is 10.5. The predicted octanol–water partition coefficient (Wildman–Crippen LogP) is 3.02. The van der Waals surface area contributed by atoms with Gasteiger partial charge in [0.05, 0.1) is 16.6 Å². The van der Waals surface area contributed by atoms with Crippen LogP contribution < -0.4 is 16.3 Å². The summed E-state index contributed by atoms with van der Waals surface area (Å²) in [6, 6.07) is 7.44. The van der Waals surface area contributed by atoms with Gasteiger partial charge in [-0.2, -0.15) is 0 Å². The fraction of sp³-hybridized carbons (Fsp3) is 0.591. The van der Waals surface area contributed by atoms with Crippen molar-refractivity contribution in [3.63, 3.8) is 0 Å². The molecule has 1 aromatic carbocycles. The average molecular weight is 419 g/mol. The van der Waals surface area contributed by atoms with Crippen molar-refractivity contribution >= 4 is 23.0 Å². The van der Waals surface area contributed by atoms with Crippen LogP contribution in [0.4, 0.5) is 4.79 Å². The van der Waals surface area contributed by atoms with Gasteiger partial charge < -0.3 is 15.4 Å². The van der Waals surface area contributed by atoms with Crippen molar-refractivity contribution in [2.24, 2.45) is 0 Å². The van der Waals surface area contributed by atoms with Crippen LogP contribution in [0.15, 0.2) is 29.1 Å². The number of aryl methyl sites for hydroxylation is 1. The van der Waals surface area contributed by atoms with Crippen LogP contribution >= 0.6 is 0 Å². The van der Waals surface area contributed by atoms with E-state index in [1.807, 2.05) is 45.0 Å². The Bertz CT molecular complexity index is 948. The minimum Gasteiger partial charge on any atom is -0.444 e. The van der Waals surface area contributed by atoms with E-state index in [1.165, 1.54) is 4.57 Å². The van der Waals surface area contributed by atoms with E-state index in [0.29, 0.717) is 19.4 Å². The van der Waals surface area contributed by atoms with Gasteiger partial charge in [-0.25, -0.2) is 9.59 Å². The molecule has 0 unspecified atom stereocenters. The molecule has 2 aromatic rings. The molecule has 0 saturated carbocycles. The van der Waals surface area contributed by atoms with E-state index in [-0.39, 0.29) is 24.7 Å². The molecule has 2 N–H and O–H groups in total. The number of hydrogen-bond donors (Lipinski definition) is 2. The van der Waals surface area contributed by atoms with Crippen LogP contribution in [-0.4, -0.2) is 38.8 Å². The number of fused-ring (bicyclic) bond motifs is 1. The number of aromatic nitrogens is 2. The lowest BCUT2D eigenvalue weighted by molar-refractivity contribution is -0.123. The molecule has 0 atom stereocenters. The Kier molecular flexibility index (Phi) is 7.34. The number of rotatable bonds is 8. The van der Waals surface area contributed by atoms with Crippen molar-refractivity contribution in [3.8, 4) is 0 Å². The number of imidazole rings is 1. The lowest BCUT2D eigenvalue weighted by atomic mass is 9.92. The Labute approximate surface area is 177 Å². The van der Waals surface area contributed by atoms with Gasteiger partial charge in [0.25, 0.3) is 0 Å². The zero-order valence-corrected chi connectivity index (χ0v) is 18.9. The maximum atomic E-state index is 12.9. The molecule has 2 rings (SSSR count). The topological polar surface area (TPSA) is 94.4 Å². The van der Waals surface area contributed by atoms with Crippen molar-refractivity contribution in [1.29, 1.82) is 0 Å². The average Bonchev–Trinajstić information content (AvgIpc) is 2.95. The van der Waals surface area contributed by atoms with Crippen LogP contribution in [0.5, 0.6) is 0 Å². The van der Waals surface area contributed by atoms with Gasteiger partial charge in [0.2, 0.25) is 5.91 Å². The van der Waals surface area contributed by atoms with Gasteiger partial charge in [-0.3, -0.25) is 13.9 Å². The van der Waals surface area contributed by atoms with Gasteiger partial charge in [-0.1, -0.05) is 26.0 Å². The molecule has 0 bridgehead atoms. The highest BCUT2D eigenvalue weighted by Crippen LogP contribution is 2.16. The van der Waals surface area contributed by atoms with Crippen LogP contribution in [0.1, 0.15) is 54.4 Å². The quantitative estimate of drug-likeness (QED) is 0.689. The van der Waals surface area contributed by atoms with Crippen molar-refractivity contribution in [2.45, 2.75) is 78.6 Å². The molecule has 8 nitrogen and oxygen atoms in total. The van der Waals surface area contributed by atoms with E-state index in [4.69, 9.17) is 4.74 Å². The molecular weight excluding hydrogens is 384 g/mol. The normalized spacial score (nSPS) is 12.1. The van der Waals surface area contributed by atoms with Crippen LogP contribution in [0.25, 0.3) is 11.0 Å². The van der Waals surface area contributed by atoms with Crippen LogP contribution in [-0.2, 0) is 22.6 Å². The summed E-state index contributed by atoms with van der Waals surface area (Å²) in [5, 5.41) is 5.79. The Morgan fingerprint density at radius 2 is 1.57 bits per heavy atom. The summed E-state index contributed by atoms with van der Waals surface area (Å²) >= 11 is 0. The van der Waals surface area contributed by atoms with Crippen molar-refractivity contribution in [2.75, 3.05) is 6.54 Å². The molecule has 0 spiro atoms. The first-order chi connectivity index (χ1) is 14.1. The Morgan fingerprint density at radius 1 is 1.00 bits per heavy atom.